The highest BCUT2D eigenvalue weighted by molar-refractivity contribution is 5.89. The summed E-state index contributed by atoms with van der Waals surface area (Å²) >= 11 is 0. The van der Waals surface area contributed by atoms with Gasteiger partial charge in [-0.15, -0.1) is 0 Å². The lowest BCUT2D eigenvalue weighted by Crippen LogP contribution is -2.40. The number of hydrogen-bond donors (Lipinski definition) is 1. The molecule has 106 valence electrons. The van der Waals surface area contributed by atoms with E-state index in [4.69, 9.17) is 0 Å². The van der Waals surface area contributed by atoms with Crippen LogP contribution in [0.4, 0.5) is 5.82 Å². The Balaban J connectivity index is 1.84. The van der Waals surface area contributed by atoms with Crippen LogP contribution in [-0.4, -0.2) is 36.1 Å². The van der Waals surface area contributed by atoms with Gasteiger partial charge in [-0.05, 0) is 44.9 Å². The van der Waals surface area contributed by atoms with Gasteiger partial charge in [-0.25, -0.2) is 9.97 Å². The van der Waals surface area contributed by atoms with Crippen LogP contribution in [0.2, 0.25) is 0 Å². The minimum absolute atomic E-state index is 0.581. The predicted molar refractivity (Wildman–Crippen MR) is 83.0 cm³/mol. The standard InChI is InChI=1S/C16H22N4/c1-17-12-7-9-13(10-8-12)20(2)16-14-5-3-4-6-15(14)18-11-19-16/h3-6,11-13,17H,7-10H2,1-2H3. The number of nitrogens with one attached hydrogen (secondary N) is 1. The molecule has 20 heavy (non-hydrogen) atoms. The minimum Gasteiger partial charge on any atom is -0.356 e. The van der Waals surface area contributed by atoms with Crippen LogP contribution in [0.25, 0.3) is 10.9 Å². The molecule has 4 heteroatoms. The summed E-state index contributed by atoms with van der Waals surface area (Å²) in [7, 11) is 4.23. The lowest BCUT2D eigenvalue weighted by Gasteiger charge is -2.35. The molecule has 4 nitrogen and oxygen atoms in total. The van der Waals surface area contributed by atoms with Crippen LogP contribution in [0, 0.1) is 0 Å². The molecular formula is C16H22N4. The van der Waals surface area contributed by atoms with E-state index >= 15 is 0 Å². The summed E-state index contributed by atoms with van der Waals surface area (Å²) in [5.41, 5.74) is 1.02. The highest BCUT2D eigenvalue weighted by atomic mass is 15.2. The Bertz CT molecular complexity index is 570. The minimum atomic E-state index is 0.581. The molecule has 0 saturated heterocycles. The van der Waals surface area contributed by atoms with E-state index in [9.17, 15) is 0 Å². The molecule has 0 radical (unpaired) electrons. The van der Waals surface area contributed by atoms with Gasteiger partial charge in [-0.3, -0.25) is 0 Å². The SMILES string of the molecule is CNC1CCC(N(C)c2ncnc3ccccc23)CC1. The fourth-order valence-corrected chi connectivity index (χ4v) is 3.20. The summed E-state index contributed by atoms with van der Waals surface area (Å²) in [6.07, 6.45) is 6.61. The van der Waals surface area contributed by atoms with Gasteiger partial charge in [-0.2, -0.15) is 0 Å². The molecule has 0 amide bonds. The third kappa shape index (κ3) is 2.48. The maximum atomic E-state index is 4.52. The number of anilines is 1. The Morgan fingerprint density at radius 2 is 1.85 bits per heavy atom. The number of benzene rings is 1. The van der Waals surface area contributed by atoms with E-state index in [0.29, 0.717) is 12.1 Å². The Morgan fingerprint density at radius 3 is 2.60 bits per heavy atom. The molecule has 3 rings (SSSR count). The zero-order chi connectivity index (χ0) is 13.9. The predicted octanol–water partition coefficient (Wildman–Crippen LogP) is 2.60. The van der Waals surface area contributed by atoms with Crippen molar-refractivity contribution in [2.24, 2.45) is 0 Å². The zero-order valence-electron chi connectivity index (χ0n) is 12.2. The molecule has 2 aromatic rings. The van der Waals surface area contributed by atoms with E-state index in [1.807, 2.05) is 12.1 Å². The van der Waals surface area contributed by atoms with Crippen LogP contribution in [0.15, 0.2) is 30.6 Å². The molecule has 1 aliphatic carbocycles. The maximum absolute atomic E-state index is 4.52. The average molecular weight is 270 g/mol. The number of hydrogen-bond acceptors (Lipinski definition) is 4. The van der Waals surface area contributed by atoms with Gasteiger partial charge in [-0.1, -0.05) is 12.1 Å². The lowest BCUT2D eigenvalue weighted by molar-refractivity contribution is 0.351. The molecule has 1 heterocycles. The molecule has 1 aromatic carbocycles. The average Bonchev–Trinajstić information content (AvgIpc) is 2.54. The van der Waals surface area contributed by atoms with E-state index in [1.165, 1.54) is 25.7 Å². The van der Waals surface area contributed by atoms with Gasteiger partial charge in [0.05, 0.1) is 5.52 Å². The van der Waals surface area contributed by atoms with Gasteiger partial charge in [0.25, 0.3) is 0 Å². The van der Waals surface area contributed by atoms with Crippen LogP contribution in [0.3, 0.4) is 0 Å². The molecule has 0 unspecified atom stereocenters. The fourth-order valence-electron chi connectivity index (χ4n) is 3.20. The van der Waals surface area contributed by atoms with E-state index < -0.39 is 0 Å². The summed E-state index contributed by atoms with van der Waals surface area (Å²) in [5, 5.41) is 4.54. The molecule has 0 atom stereocenters. The molecule has 0 spiro atoms. The van der Waals surface area contributed by atoms with Crippen LogP contribution in [-0.2, 0) is 0 Å². The Morgan fingerprint density at radius 1 is 1.10 bits per heavy atom. The Labute approximate surface area is 120 Å². The van der Waals surface area contributed by atoms with Crippen molar-refractivity contribution < 1.29 is 0 Å². The second-order valence-electron chi connectivity index (χ2n) is 5.62. The fraction of sp³-hybridized carbons (Fsp3) is 0.500. The number of nitrogens with zero attached hydrogens (tertiary/aromatic N) is 3. The van der Waals surface area contributed by atoms with Crippen molar-refractivity contribution in [1.29, 1.82) is 0 Å². The van der Waals surface area contributed by atoms with Gasteiger partial charge in [0, 0.05) is 24.5 Å². The van der Waals surface area contributed by atoms with Gasteiger partial charge in [0.2, 0.25) is 0 Å². The van der Waals surface area contributed by atoms with Gasteiger partial charge in [0.15, 0.2) is 0 Å². The van der Waals surface area contributed by atoms with Gasteiger partial charge >= 0.3 is 0 Å². The molecule has 1 saturated carbocycles. The first kappa shape index (κ1) is 13.3. The number of para-hydroxylation sites is 1. The molecule has 1 aromatic heterocycles. The smallest absolute Gasteiger partial charge is 0.139 e. The largest absolute Gasteiger partial charge is 0.356 e. The number of fused-ring (bicyclic) bond motifs is 1. The van der Waals surface area contributed by atoms with E-state index in [0.717, 1.165) is 16.7 Å². The molecule has 1 fully saturated rings. The molecule has 1 N–H and O–H groups in total. The highest BCUT2D eigenvalue weighted by Crippen LogP contribution is 2.28. The summed E-state index contributed by atoms with van der Waals surface area (Å²) in [5.74, 6) is 1.06. The normalized spacial score (nSPS) is 22.9. The summed E-state index contributed by atoms with van der Waals surface area (Å²) in [6, 6.07) is 9.50. The van der Waals surface area contributed by atoms with Crippen molar-refractivity contribution in [3.05, 3.63) is 30.6 Å². The second-order valence-corrected chi connectivity index (χ2v) is 5.62. The highest BCUT2D eigenvalue weighted by Gasteiger charge is 2.24. The summed E-state index contributed by atoms with van der Waals surface area (Å²) in [6.45, 7) is 0. The van der Waals surface area contributed by atoms with Crippen LogP contribution < -0.4 is 10.2 Å². The van der Waals surface area contributed by atoms with Crippen molar-refractivity contribution >= 4 is 16.7 Å². The number of aromatic nitrogens is 2. The van der Waals surface area contributed by atoms with Gasteiger partial charge < -0.3 is 10.2 Å². The second kappa shape index (κ2) is 5.75. The summed E-state index contributed by atoms with van der Waals surface area (Å²) < 4.78 is 0. The molecule has 1 aliphatic rings. The first-order valence-electron chi connectivity index (χ1n) is 7.39. The molecular weight excluding hydrogens is 248 g/mol. The van der Waals surface area contributed by atoms with Crippen molar-refractivity contribution in [1.82, 2.24) is 15.3 Å². The van der Waals surface area contributed by atoms with Crippen LogP contribution >= 0.6 is 0 Å². The quantitative estimate of drug-likeness (QED) is 0.931. The van der Waals surface area contributed by atoms with Crippen molar-refractivity contribution in [2.45, 2.75) is 37.8 Å². The van der Waals surface area contributed by atoms with Crippen LogP contribution in [0.1, 0.15) is 25.7 Å². The van der Waals surface area contributed by atoms with E-state index in [-0.39, 0.29) is 0 Å². The van der Waals surface area contributed by atoms with E-state index in [2.05, 4.69) is 46.4 Å². The Kier molecular flexibility index (Phi) is 3.83. The first-order valence-corrected chi connectivity index (χ1v) is 7.39. The monoisotopic (exact) mass is 270 g/mol. The lowest BCUT2D eigenvalue weighted by atomic mass is 9.90. The van der Waals surface area contributed by atoms with Gasteiger partial charge in [0.1, 0.15) is 12.1 Å². The topological polar surface area (TPSA) is 41.0 Å². The maximum Gasteiger partial charge on any atom is 0.139 e. The van der Waals surface area contributed by atoms with E-state index in [1.54, 1.807) is 6.33 Å². The van der Waals surface area contributed by atoms with Crippen molar-refractivity contribution in [2.75, 3.05) is 19.0 Å². The third-order valence-corrected chi connectivity index (χ3v) is 4.51. The van der Waals surface area contributed by atoms with Crippen molar-refractivity contribution in [3.63, 3.8) is 0 Å². The molecule has 0 aliphatic heterocycles. The Hall–Kier alpha value is -1.68. The molecule has 0 bridgehead atoms. The first-order chi connectivity index (χ1) is 9.79. The number of rotatable bonds is 3. The van der Waals surface area contributed by atoms with Crippen LogP contribution in [0.5, 0.6) is 0 Å². The zero-order valence-corrected chi connectivity index (χ0v) is 12.2. The third-order valence-electron chi connectivity index (χ3n) is 4.51. The van der Waals surface area contributed by atoms with Crippen molar-refractivity contribution in [3.8, 4) is 0 Å². The summed E-state index contributed by atoms with van der Waals surface area (Å²) in [4.78, 5) is 11.2.